The number of ether oxygens (including phenoxy) is 2. The molecule has 1 N–H and O–H groups in total. The molecule has 1 amide bonds. The fourth-order valence-electron chi connectivity index (χ4n) is 2.71. The van der Waals surface area contributed by atoms with Gasteiger partial charge in [-0.05, 0) is 54.1 Å². The average Bonchev–Trinajstić information content (AvgIpc) is 3.30. The lowest BCUT2D eigenvalue weighted by Crippen LogP contribution is -2.30. The summed E-state index contributed by atoms with van der Waals surface area (Å²) in [5.74, 6) is 1.07. The van der Waals surface area contributed by atoms with Gasteiger partial charge in [0, 0.05) is 5.56 Å². The zero-order chi connectivity index (χ0) is 18.8. The van der Waals surface area contributed by atoms with Crippen molar-refractivity contribution in [1.29, 1.82) is 0 Å². The van der Waals surface area contributed by atoms with Crippen molar-refractivity contribution in [3.63, 3.8) is 0 Å². The van der Waals surface area contributed by atoms with Crippen molar-refractivity contribution < 1.29 is 18.7 Å². The molecular formula is C18H16FN5O3. The molecule has 0 radical (unpaired) electrons. The van der Waals surface area contributed by atoms with Gasteiger partial charge < -0.3 is 14.8 Å². The number of benzene rings is 2. The molecule has 3 aromatic rings. The highest BCUT2D eigenvalue weighted by Gasteiger charge is 2.17. The van der Waals surface area contributed by atoms with E-state index >= 15 is 0 Å². The normalized spacial score (nSPS) is 13.4. The lowest BCUT2D eigenvalue weighted by molar-refractivity contribution is -0.122. The van der Waals surface area contributed by atoms with Gasteiger partial charge in [0.25, 0.3) is 0 Å². The number of nitrogens with one attached hydrogen (secondary N) is 1. The molecule has 0 unspecified atom stereocenters. The topological polar surface area (TPSA) is 91.2 Å². The first-order chi connectivity index (χ1) is 13.1. The van der Waals surface area contributed by atoms with Crippen LogP contribution in [0.5, 0.6) is 11.5 Å². The third-order valence-electron chi connectivity index (χ3n) is 4.11. The number of amides is 1. The van der Waals surface area contributed by atoms with Gasteiger partial charge in [0.15, 0.2) is 11.5 Å². The lowest BCUT2D eigenvalue weighted by Gasteiger charge is -2.14. The van der Waals surface area contributed by atoms with Crippen molar-refractivity contribution in [1.82, 2.24) is 25.5 Å². The molecule has 27 heavy (non-hydrogen) atoms. The first kappa shape index (κ1) is 17.0. The monoisotopic (exact) mass is 369 g/mol. The number of aromatic nitrogens is 4. The molecule has 0 saturated carbocycles. The summed E-state index contributed by atoms with van der Waals surface area (Å²) in [6.07, 6.45) is 0. The smallest absolute Gasteiger partial charge is 0.244 e. The first-order valence-electron chi connectivity index (χ1n) is 8.31. The van der Waals surface area contributed by atoms with Gasteiger partial charge in [0.05, 0.1) is 6.04 Å². The second-order valence-electron chi connectivity index (χ2n) is 6.05. The van der Waals surface area contributed by atoms with Gasteiger partial charge >= 0.3 is 0 Å². The maximum absolute atomic E-state index is 13.0. The van der Waals surface area contributed by atoms with Gasteiger partial charge in [-0.3, -0.25) is 4.79 Å². The number of rotatable bonds is 5. The summed E-state index contributed by atoms with van der Waals surface area (Å²) in [5.41, 5.74) is 1.52. The molecular weight excluding hydrogens is 353 g/mol. The zero-order valence-electron chi connectivity index (χ0n) is 14.4. The highest BCUT2D eigenvalue weighted by atomic mass is 19.1. The molecule has 1 atom stereocenters. The van der Waals surface area contributed by atoms with Gasteiger partial charge in [-0.1, -0.05) is 6.07 Å². The Labute approximate surface area is 153 Å². The van der Waals surface area contributed by atoms with Crippen molar-refractivity contribution in [2.45, 2.75) is 19.5 Å². The SMILES string of the molecule is C[C@@H](NC(=O)Cn1nnc(-c2ccc(F)cc2)n1)c1ccc2c(c1)OCO2. The Hall–Kier alpha value is -3.49. The average molecular weight is 369 g/mol. The molecule has 2 heterocycles. The Morgan fingerprint density at radius 3 is 2.81 bits per heavy atom. The molecule has 0 fully saturated rings. The largest absolute Gasteiger partial charge is 0.454 e. The van der Waals surface area contributed by atoms with E-state index in [2.05, 4.69) is 20.7 Å². The number of hydrogen-bond donors (Lipinski definition) is 1. The molecule has 1 aliphatic rings. The van der Waals surface area contributed by atoms with Crippen LogP contribution in [0.3, 0.4) is 0 Å². The van der Waals surface area contributed by atoms with Crippen LogP contribution in [0.4, 0.5) is 4.39 Å². The van der Waals surface area contributed by atoms with E-state index in [9.17, 15) is 9.18 Å². The van der Waals surface area contributed by atoms with Crippen LogP contribution >= 0.6 is 0 Å². The first-order valence-corrected chi connectivity index (χ1v) is 8.31. The van der Waals surface area contributed by atoms with E-state index in [1.54, 1.807) is 12.1 Å². The van der Waals surface area contributed by atoms with Crippen LogP contribution in [0.2, 0.25) is 0 Å². The third-order valence-corrected chi connectivity index (χ3v) is 4.11. The highest BCUT2D eigenvalue weighted by molar-refractivity contribution is 5.76. The van der Waals surface area contributed by atoms with E-state index < -0.39 is 0 Å². The van der Waals surface area contributed by atoms with E-state index in [-0.39, 0.29) is 31.1 Å². The predicted molar refractivity (Wildman–Crippen MR) is 92.3 cm³/mol. The Morgan fingerprint density at radius 2 is 2.00 bits per heavy atom. The highest BCUT2D eigenvalue weighted by Crippen LogP contribution is 2.34. The number of halogens is 1. The van der Waals surface area contributed by atoms with Crippen molar-refractivity contribution in [2.24, 2.45) is 0 Å². The molecule has 0 aliphatic carbocycles. The number of nitrogens with zero attached hydrogens (tertiary/aromatic N) is 4. The van der Waals surface area contributed by atoms with Crippen molar-refractivity contribution in [2.75, 3.05) is 6.79 Å². The summed E-state index contributed by atoms with van der Waals surface area (Å²) >= 11 is 0. The van der Waals surface area contributed by atoms with E-state index in [0.29, 0.717) is 22.9 Å². The van der Waals surface area contributed by atoms with Crippen molar-refractivity contribution in [3.05, 3.63) is 53.8 Å². The number of fused-ring (bicyclic) bond motifs is 1. The van der Waals surface area contributed by atoms with E-state index in [0.717, 1.165) is 5.56 Å². The minimum absolute atomic E-state index is 0.0803. The van der Waals surface area contributed by atoms with Crippen LogP contribution in [-0.2, 0) is 11.3 Å². The number of carbonyl (C=O) groups is 1. The maximum atomic E-state index is 13.0. The predicted octanol–water partition coefficient (Wildman–Crippen LogP) is 2.09. The Morgan fingerprint density at radius 1 is 1.22 bits per heavy atom. The Balaban J connectivity index is 1.38. The van der Waals surface area contributed by atoms with Gasteiger partial charge in [-0.2, -0.15) is 4.80 Å². The molecule has 2 aromatic carbocycles. The summed E-state index contributed by atoms with van der Waals surface area (Å²) in [4.78, 5) is 13.5. The van der Waals surface area contributed by atoms with Gasteiger partial charge in [-0.15, -0.1) is 10.2 Å². The number of hydrogen-bond acceptors (Lipinski definition) is 6. The molecule has 1 aromatic heterocycles. The summed E-state index contributed by atoms with van der Waals surface area (Å²) < 4.78 is 23.6. The summed E-state index contributed by atoms with van der Waals surface area (Å²) in [7, 11) is 0. The summed E-state index contributed by atoms with van der Waals surface area (Å²) in [6, 6.07) is 11.0. The molecule has 0 bridgehead atoms. The second kappa shape index (κ2) is 7.02. The van der Waals surface area contributed by atoms with Crippen LogP contribution < -0.4 is 14.8 Å². The van der Waals surface area contributed by atoms with Gasteiger partial charge in [0.2, 0.25) is 18.5 Å². The van der Waals surface area contributed by atoms with Gasteiger partial charge in [-0.25, -0.2) is 4.39 Å². The fourth-order valence-corrected chi connectivity index (χ4v) is 2.71. The van der Waals surface area contributed by atoms with Gasteiger partial charge in [0.1, 0.15) is 12.4 Å². The summed E-state index contributed by atoms with van der Waals surface area (Å²) in [5, 5.41) is 14.8. The Kier molecular flexibility index (Phi) is 4.41. The number of tetrazole rings is 1. The van der Waals surface area contributed by atoms with E-state index in [1.165, 1.54) is 16.9 Å². The second-order valence-corrected chi connectivity index (χ2v) is 6.05. The van der Waals surface area contributed by atoms with E-state index in [1.807, 2.05) is 25.1 Å². The quantitative estimate of drug-likeness (QED) is 0.740. The van der Waals surface area contributed by atoms with Crippen LogP contribution in [0, 0.1) is 5.82 Å². The van der Waals surface area contributed by atoms with Crippen LogP contribution in [-0.4, -0.2) is 32.9 Å². The molecule has 9 heteroatoms. The van der Waals surface area contributed by atoms with Crippen LogP contribution in [0.1, 0.15) is 18.5 Å². The minimum Gasteiger partial charge on any atom is -0.454 e. The molecule has 1 aliphatic heterocycles. The molecule has 0 spiro atoms. The Bertz CT molecular complexity index is 973. The maximum Gasteiger partial charge on any atom is 0.244 e. The van der Waals surface area contributed by atoms with Crippen LogP contribution in [0.25, 0.3) is 11.4 Å². The molecule has 4 rings (SSSR count). The van der Waals surface area contributed by atoms with E-state index in [4.69, 9.17) is 9.47 Å². The summed E-state index contributed by atoms with van der Waals surface area (Å²) in [6.45, 7) is 1.99. The lowest BCUT2D eigenvalue weighted by atomic mass is 10.1. The zero-order valence-corrected chi connectivity index (χ0v) is 14.4. The van der Waals surface area contributed by atoms with Crippen LogP contribution in [0.15, 0.2) is 42.5 Å². The molecule has 138 valence electrons. The van der Waals surface area contributed by atoms with Crippen molar-refractivity contribution >= 4 is 5.91 Å². The fraction of sp³-hybridized carbons (Fsp3) is 0.222. The minimum atomic E-state index is -0.344. The molecule has 0 saturated heterocycles. The number of carbonyl (C=O) groups excluding carboxylic acids is 1. The van der Waals surface area contributed by atoms with Crippen molar-refractivity contribution in [3.8, 4) is 22.9 Å². The third kappa shape index (κ3) is 3.71. The molecule has 8 nitrogen and oxygen atoms in total. The standard InChI is InChI=1S/C18H16FN5O3/c1-11(13-4-7-15-16(8-13)27-10-26-15)20-17(25)9-24-22-18(21-23-24)12-2-5-14(19)6-3-12/h2-8,11H,9-10H2,1H3,(H,20,25)/t11-/m1/s1.